The third kappa shape index (κ3) is 4.93. The molecule has 0 fully saturated rings. The first-order valence-corrected chi connectivity index (χ1v) is 15.0. The molecule has 0 atom stereocenters. The summed E-state index contributed by atoms with van der Waals surface area (Å²) in [6.07, 6.45) is 3.97. The molecule has 0 spiro atoms. The first-order valence-electron chi connectivity index (χ1n) is 15.0. The van der Waals surface area contributed by atoms with Gasteiger partial charge in [-0.25, -0.2) is 4.79 Å². The molecule has 0 saturated carbocycles. The highest BCUT2D eigenvalue weighted by Crippen LogP contribution is 2.39. The van der Waals surface area contributed by atoms with Gasteiger partial charge in [0.2, 0.25) is 0 Å². The Kier molecular flexibility index (Phi) is 7.51. The van der Waals surface area contributed by atoms with Crippen molar-refractivity contribution >= 4 is 28.0 Å². The van der Waals surface area contributed by atoms with Crippen LogP contribution in [0.1, 0.15) is 105 Å². The Morgan fingerprint density at radius 1 is 0.805 bits per heavy atom. The molecule has 8 bridgehead atoms. The minimum Gasteiger partial charge on any atom is -0.493 e. The summed E-state index contributed by atoms with van der Waals surface area (Å²) in [6, 6.07) is 6.34. The van der Waals surface area contributed by atoms with Gasteiger partial charge in [0.1, 0.15) is 0 Å². The largest absolute Gasteiger partial charge is 0.493 e. The van der Waals surface area contributed by atoms with E-state index >= 15 is 0 Å². The molecule has 0 radical (unpaired) electrons. The molecule has 0 aromatic carbocycles. The van der Waals surface area contributed by atoms with Crippen LogP contribution < -0.4 is 4.74 Å². The SMILES string of the molecule is CCOC(=O)c1c(CC)c2cc3nc(c(OC)c4[nH]c(cc5nc(cc1[nH]2)CC5(C)C)c(CC)c4CC)CC3(C)C. The number of H-pyrrole nitrogens is 2. The Hall–Kier alpha value is -3.61. The molecule has 7 heteroatoms. The highest BCUT2D eigenvalue weighted by Gasteiger charge is 2.33. The zero-order chi connectivity index (χ0) is 29.7. The number of nitrogens with one attached hydrogen (secondary N) is 2. The Morgan fingerprint density at radius 2 is 1.41 bits per heavy atom. The zero-order valence-corrected chi connectivity index (χ0v) is 26.1. The van der Waals surface area contributed by atoms with E-state index in [1.54, 1.807) is 7.11 Å². The van der Waals surface area contributed by atoms with Gasteiger partial charge < -0.3 is 19.4 Å². The second-order valence-corrected chi connectivity index (χ2v) is 12.5. The number of methoxy groups -OCH3 is 1. The van der Waals surface area contributed by atoms with Crippen LogP contribution in [-0.4, -0.2) is 39.6 Å². The van der Waals surface area contributed by atoms with Crippen LogP contribution in [0, 0.1) is 0 Å². The molecule has 2 aliphatic heterocycles. The number of esters is 1. The van der Waals surface area contributed by atoms with Crippen molar-refractivity contribution in [3.8, 4) is 5.75 Å². The molecular weight excluding hydrogens is 512 g/mol. The molecule has 3 aromatic heterocycles. The molecule has 5 heterocycles. The molecule has 5 rings (SSSR count). The number of rotatable bonds is 6. The summed E-state index contributed by atoms with van der Waals surface area (Å²) < 4.78 is 11.6. The van der Waals surface area contributed by atoms with Gasteiger partial charge >= 0.3 is 5.97 Å². The summed E-state index contributed by atoms with van der Waals surface area (Å²) in [4.78, 5) is 30.9. The fraction of sp³-hybridized carbons (Fsp3) is 0.500. The lowest BCUT2D eigenvalue weighted by atomic mass is 9.86. The minimum atomic E-state index is -0.314. The molecule has 0 saturated heterocycles. The lowest BCUT2D eigenvalue weighted by molar-refractivity contribution is 0.0528. The third-order valence-corrected chi connectivity index (χ3v) is 8.66. The topological polar surface area (TPSA) is 92.9 Å². The van der Waals surface area contributed by atoms with E-state index < -0.39 is 0 Å². The molecule has 2 aliphatic rings. The second-order valence-electron chi connectivity index (χ2n) is 12.5. The van der Waals surface area contributed by atoms with Gasteiger partial charge in [-0.1, -0.05) is 48.5 Å². The molecule has 0 aliphatic carbocycles. The number of aromatic amines is 2. The third-order valence-electron chi connectivity index (χ3n) is 8.66. The van der Waals surface area contributed by atoms with Gasteiger partial charge in [-0.2, -0.15) is 0 Å². The van der Waals surface area contributed by atoms with Crippen LogP contribution in [0.25, 0.3) is 22.1 Å². The maximum Gasteiger partial charge on any atom is 0.340 e. The minimum absolute atomic E-state index is 0.168. The molecule has 218 valence electrons. The average molecular weight is 557 g/mol. The average Bonchev–Trinajstić information content (AvgIpc) is 3.60. The molecule has 2 N–H and O–H groups in total. The number of carbonyl (C=O) groups is 1. The van der Waals surface area contributed by atoms with Crippen molar-refractivity contribution in [2.45, 2.75) is 98.3 Å². The van der Waals surface area contributed by atoms with Crippen LogP contribution in [0.4, 0.5) is 0 Å². The van der Waals surface area contributed by atoms with E-state index in [-0.39, 0.29) is 16.8 Å². The van der Waals surface area contributed by atoms with Crippen molar-refractivity contribution in [2.24, 2.45) is 0 Å². The number of fused-ring (bicyclic) bond motifs is 8. The Balaban J connectivity index is 2.01. The fourth-order valence-corrected chi connectivity index (χ4v) is 6.53. The fourth-order valence-electron chi connectivity index (χ4n) is 6.53. The summed E-state index contributed by atoms with van der Waals surface area (Å²) in [5.74, 6) is 0.481. The summed E-state index contributed by atoms with van der Waals surface area (Å²) in [5, 5.41) is 0. The number of carbonyl (C=O) groups excluding carboxylic acids is 1. The smallest absolute Gasteiger partial charge is 0.340 e. The van der Waals surface area contributed by atoms with Crippen LogP contribution in [0.2, 0.25) is 0 Å². The first-order chi connectivity index (χ1) is 19.5. The predicted molar refractivity (Wildman–Crippen MR) is 165 cm³/mol. The van der Waals surface area contributed by atoms with Gasteiger partial charge in [-0.3, -0.25) is 9.97 Å². The molecule has 0 amide bonds. The molecular formula is C34H44N4O3. The van der Waals surface area contributed by atoms with Gasteiger partial charge in [0.15, 0.2) is 5.75 Å². The monoisotopic (exact) mass is 556 g/mol. The quantitative estimate of drug-likeness (QED) is 0.313. The van der Waals surface area contributed by atoms with Crippen LogP contribution in [0.3, 0.4) is 0 Å². The lowest BCUT2D eigenvalue weighted by Crippen LogP contribution is -2.15. The number of hydrogen-bond donors (Lipinski definition) is 2. The van der Waals surface area contributed by atoms with Crippen molar-refractivity contribution < 1.29 is 14.3 Å². The second kappa shape index (κ2) is 10.7. The standard InChI is InChI=1S/C34H44N4O3/c1-10-20-21(11-2)30-31(40-9)26-18-34(7,8)28(37-26)16-24-22(12-3)29(32(39)41-13-4)25(36-24)14-19-17-33(5,6)27(35-19)15-23(20)38-30/h14-16,36,38H,10-13,17-18H2,1-9H3. The van der Waals surface area contributed by atoms with Gasteiger partial charge in [0.25, 0.3) is 0 Å². The van der Waals surface area contributed by atoms with Crippen LogP contribution in [-0.2, 0) is 47.7 Å². The molecule has 3 aromatic rings. The van der Waals surface area contributed by atoms with E-state index in [1.807, 2.05) is 13.0 Å². The van der Waals surface area contributed by atoms with Gasteiger partial charge in [-0.05, 0) is 61.1 Å². The Labute approximate surface area is 243 Å². The molecule has 7 nitrogen and oxygen atoms in total. The van der Waals surface area contributed by atoms with E-state index in [4.69, 9.17) is 19.4 Å². The molecule has 0 unspecified atom stereocenters. The number of ether oxygens (including phenoxy) is 2. The van der Waals surface area contributed by atoms with Gasteiger partial charge in [0, 0.05) is 51.8 Å². The molecule has 41 heavy (non-hydrogen) atoms. The number of aryl methyl sites for hydroxylation is 3. The number of hydrogen-bond acceptors (Lipinski definition) is 5. The van der Waals surface area contributed by atoms with E-state index in [0.29, 0.717) is 18.6 Å². The van der Waals surface area contributed by atoms with Crippen molar-refractivity contribution in [3.05, 3.63) is 63.2 Å². The number of nitrogens with zero attached hydrogens (tertiary/aromatic N) is 2. The number of aromatic nitrogens is 4. The Bertz CT molecular complexity index is 1670. The highest BCUT2D eigenvalue weighted by molar-refractivity contribution is 6.02. The predicted octanol–water partition coefficient (Wildman–Crippen LogP) is 7.23. The highest BCUT2D eigenvalue weighted by atomic mass is 16.5. The van der Waals surface area contributed by atoms with Gasteiger partial charge in [-0.15, -0.1) is 0 Å². The van der Waals surface area contributed by atoms with E-state index in [2.05, 4.69) is 70.6 Å². The first kappa shape index (κ1) is 28.9. The Morgan fingerprint density at radius 3 is 2.02 bits per heavy atom. The maximum absolute atomic E-state index is 13.3. The van der Waals surface area contributed by atoms with Crippen molar-refractivity contribution in [1.29, 1.82) is 0 Å². The van der Waals surface area contributed by atoms with Crippen molar-refractivity contribution in [3.63, 3.8) is 0 Å². The lowest BCUT2D eigenvalue weighted by Gasteiger charge is -2.16. The summed E-state index contributed by atoms with van der Waals surface area (Å²) in [7, 11) is 1.74. The summed E-state index contributed by atoms with van der Waals surface area (Å²) in [6.45, 7) is 17.5. The summed E-state index contributed by atoms with van der Waals surface area (Å²) >= 11 is 0. The maximum atomic E-state index is 13.3. The van der Waals surface area contributed by atoms with E-state index in [1.165, 1.54) is 11.1 Å². The zero-order valence-electron chi connectivity index (χ0n) is 26.1. The normalized spacial score (nSPS) is 15.6. The van der Waals surface area contributed by atoms with Crippen LogP contribution in [0.5, 0.6) is 5.75 Å². The summed E-state index contributed by atoms with van der Waals surface area (Å²) in [5.41, 5.74) is 11.2. The van der Waals surface area contributed by atoms with Gasteiger partial charge in [0.05, 0.1) is 36.0 Å². The van der Waals surface area contributed by atoms with Crippen molar-refractivity contribution in [2.75, 3.05) is 13.7 Å². The van der Waals surface area contributed by atoms with Crippen LogP contribution in [0.15, 0.2) is 18.2 Å². The van der Waals surface area contributed by atoms with E-state index in [0.717, 1.165) is 81.8 Å². The van der Waals surface area contributed by atoms with Crippen LogP contribution >= 0.6 is 0 Å². The van der Waals surface area contributed by atoms with Crippen molar-refractivity contribution in [1.82, 2.24) is 19.9 Å². The van der Waals surface area contributed by atoms with E-state index in [9.17, 15) is 4.79 Å².